The van der Waals surface area contributed by atoms with Gasteiger partial charge in [-0.2, -0.15) is 0 Å². The summed E-state index contributed by atoms with van der Waals surface area (Å²) >= 11 is 5.79. The summed E-state index contributed by atoms with van der Waals surface area (Å²) in [4.78, 5) is 19.6. The molecule has 9 heteroatoms. The van der Waals surface area contributed by atoms with Gasteiger partial charge >= 0.3 is 0 Å². The summed E-state index contributed by atoms with van der Waals surface area (Å²) in [5.41, 5.74) is 3.54. The Morgan fingerprint density at radius 1 is 1.00 bits per heavy atom. The number of aromatic nitrogens is 2. The maximum Gasteiger partial charge on any atom is 0.226 e. The van der Waals surface area contributed by atoms with Crippen LogP contribution in [-0.4, -0.2) is 46.2 Å². The average molecular weight is 528 g/mol. The third-order valence-electron chi connectivity index (χ3n) is 6.59. The summed E-state index contributed by atoms with van der Waals surface area (Å²) in [6.45, 7) is 0.425. The monoisotopic (exact) mass is 527 g/mol. The van der Waals surface area contributed by atoms with Crippen molar-refractivity contribution in [2.75, 3.05) is 26.1 Å². The van der Waals surface area contributed by atoms with Gasteiger partial charge in [0.2, 0.25) is 5.91 Å². The minimum Gasteiger partial charge on any atom is -0.497 e. The molecule has 8 nitrogen and oxygen atoms in total. The second-order valence-corrected chi connectivity index (χ2v) is 9.21. The number of benzene rings is 2. The largest absolute Gasteiger partial charge is 0.497 e. The highest BCUT2D eigenvalue weighted by molar-refractivity contribution is 7.80. The molecule has 4 aromatic rings. The lowest BCUT2D eigenvalue weighted by molar-refractivity contribution is -0.116. The zero-order valence-corrected chi connectivity index (χ0v) is 22.0. The number of para-hydroxylation sites is 2. The Kier molecular flexibility index (Phi) is 7.55. The van der Waals surface area contributed by atoms with E-state index >= 15 is 0 Å². The van der Waals surface area contributed by atoms with E-state index in [1.165, 1.54) is 0 Å². The number of pyridine rings is 1. The standard InChI is InChI=1S/C29H29N5O3S/c1-36-21-14-12-20(13-15-21)33-18-7-10-24(33)28-27(23-9-5-6-17-30-23)32-29(38)34(28)19-16-26(35)31-22-8-3-4-11-25(22)37-2/h3-15,17-18,27-28H,16,19H2,1-2H3,(H,31,35)(H,32,38)/t27-,28-/m1/s1. The number of methoxy groups -OCH3 is 2. The molecule has 38 heavy (non-hydrogen) atoms. The van der Waals surface area contributed by atoms with Crippen LogP contribution >= 0.6 is 12.2 Å². The molecule has 2 atom stereocenters. The van der Waals surface area contributed by atoms with Gasteiger partial charge in [-0.3, -0.25) is 9.78 Å². The van der Waals surface area contributed by atoms with Crippen LogP contribution in [0.25, 0.3) is 5.69 Å². The number of carbonyl (C=O) groups excluding carboxylic acids is 1. The summed E-state index contributed by atoms with van der Waals surface area (Å²) in [6.07, 6.45) is 4.05. The predicted molar refractivity (Wildman–Crippen MR) is 151 cm³/mol. The quantitative estimate of drug-likeness (QED) is 0.300. The summed E-state index contributed by atoms with van der Waals surface area (Å²) in [5.74, 6) is 1.28. The van der Waals surface area contributed by atoms with E-state index in [4.69, 9.17) is 21.7 Å². The van der Waals surface area contributed by atoms with Crippen molar-refractivity contribution >= 4 is 28.9 Å². The first-order chi connectivity index (χ1) is 18.6. The van der Waals surface area contributed by atoms with Gasteiger partial charge in [0.25, 0.3) is 0 Å². The number of anilines is 1. The van der Waals surface area contributed by atoms with Crippen molar-refractivity contribution in [2.45, 2.75) is 18.5 Å². The first-order valence-electron chi connectivity index (χ1n) is 12.3. The Labute approximate surface area is 227 Å². The number of hydrogen-bond donors (Lipinski definition) is 2. The van der Waals surface area contributed by atoms with E-state index in [0.29, 0.717) is 23.1 Å². The number of thiocarbonyl (C=S) groups is 1. The first-order valence-corrected chi connectivity index (χ1v) is 12.7. The van der Waals surface area contributed by atoms with Crippen molar-refractivity contribution in [1.82, 2.24) is 19.8 Å². The van der Waals surface area contributed by atoms with Crippen LogP contribution in [0.4, 0.5) is 5.69 Å². The summed E-state index contributed by atoms with van der Waals surface area (Å²) in [5, 5.41) is 7.00. The second kappa shape index (κ2) is 11.4. The van der Waals surface area contributed by atoms with E-state index in [-0.39, 0.29) is 24.4 Å². The fraction of sp³-hybridized carbons (Fsp3) is 0.207. The third-order valence-corrected chi connectivity index (χ3v) is 6.94. The Morgan fingerprint density at radius 2 is 1.79 bits per heavy atom. The van der Waals surface area contributed by atoms with Crippen LogP contribution in [0, 0.1) is 0 Å². The molecule has 0 aliphatic carbocycles. The molecule has 1 aliphatic heterocycles. The third kappa shape index (κ3) is 5.19. The van der Waals surface area contributed by atoms with Crippen molar-refractivity contribution in [1.29, 1.82) is 0 Å². The molecule has 1 saturated heterocycles. The van der Waals surface area contributed by atoms with Gasteiger partial charge in [-0.05, 0) is 72.9 Å². The summed E-state index contributed by atoms with van der Waals surface area (Å²) < 4.78 is 12.8. The number of nitrogens with one attached hydrogen (secondary N) is 2. The number of hydrogen-bond acceptors (Lipinski definition) is 5. The lowest BCUT2D eigenvalue weighted by atomic mass is 10.0. The maximum atomic E-state index is 13.0. The lowest BCUT2D eigenvalue weighted by Crippen LogP contribution is -2.33. The SMILES string of the molecule is COc1ccc(-n2cccc2[C@@H]2[C@@H](c3ccccn3)NC(=S)N2CCC(=O)Nc2ccccc2OC)cc1. The van der Waals surface area contributed by atoms with Crippen molar-refractivity contribution in [3.05, 3.63) is 103 Å². The molecule has 5 rings (SSSR count). The maximum absolute atomic E-state index is 13.0. The molecule has 0 radical (unpaired) electrons. The lowest BCUT2D eigenvalue weighted by Gasteiger charge is -2.29. The van der Waals surface area contributed by atoms with Crippen LogP contribution in [0.2, 0.25) is 0 Å². The number of amides is 1. The van der Waals surface area contributed by atoms with Crippen LogP contribution < -0.4 is 20.1 Å². The Hall–Kier alpha value is -4.37. The van der Waals surface area contributed by atoms with Crippen LogP contribution in [0.15, 0.2) is 91.3 Å². The molecule has 0 unspecified atom stereocenters. The molecule has 1 fully saturated rings. The first kappa shape index (κ1) is 25.3. The minimum absolute atomic E-state index is 0.122. The average Bonchev–Trinajstić information content (AvgIpc) is 3.57. The highest BCUT2D eigenvalue weighted by atomic mass is 32.1. The van der Waals surface area contributed by atoms with E-state index in [1.54, 1.807) is 20.4 Å². The topological polar surface area (TPSA) is 80.7 Å². The molecule has 2 aromatic carbocycles. The van der Waals surface area contributed by atoms with Gasteiger partial charge < -0.3 is 29.6 Å². The molecule has 0 spiro atoms. The number of nitrogens with zero attached hydrogens (tertiary/aromatic N) is 3. The number of carbonyl (C=O) groups is 1. The van der Waals surface area contributed by atoms with Crippen LogP contribution in [0.1, 0.15) is 29.9 Å². The Balaban J connectivity index is 1.43. The second-order valence-electron chi connectivity index (χ2n) is 8.82. The van der Waals surface area contributed by atoms with E-state index in [2.05, 4.69) is 31.2 Å². The number of ether oxygens (including phenoxy) is 2. The van der Waals surface area contributed by atoms with Gasteiger partial charge in [-0.15, -0.1) is 0 Å². The van der Waals surface area contributed by atoms with Crippen LogP contribution in [0.5, 0.6) is 11.5 Å². The van der Waals surface area contributed by atoms with Crippen molar-refractivity contribution in [2.24, 2.45) is 0 Å². The van der Waals surface area contributed by atoms with Gasteiger partial charge in [0.05, 0.1) is 37.7 Å². The molecule has 194 valence electrons. The van der Waals surface area contributed by atoms with Crippen molar-refractivity contribution in [3.63, 3.8) is 0 Å². The van der Waals surface area contributed by atoms with Gasteiger partial charge in [0.1, 0.15) is 11.5 Å². The summed E-state index contributed by atoms with van der Waals surface area (Å²) in [6, 6.07) is 24.9. The molecule has 1 aliphatic rings. The zero-order chi connectivity index (χ0) is 26.5. The normalized spacial score (nSPS) is 16.7. The fourth-order valence-electron chi connectivity index (χ4n) is 4.76. The Bertz CT molecular complexity index is 1410. The molecule has 0 bridgehead atoms. The predicted octanol–water partition coefficient (Wildman–Crippen LogP) is 4.89. The van der Waals surface area contributed by atoms with Crippen LogP contribution in [-0.2, 0) is 4.79 Å². The summed E-state index contributed by atoms with van der Waals surface area (Å²) in [7, 11) is 3.24. The smallest absolute Gasteiger partial charge is 0.226 e. The van der Waals surface area contributed by atoms with Gasteiger partial charge in [0.15, 0.2) is 5.11 Å². The molecule has 1 amide bonds. The van der Waals surface area contributed by atoms with E-state index < -0.39 is 0 Å². The van der Waals surface area contributed by atoms with Gasteiger partial charge in [-0.1, -0.05) is 18.2 Å². The van der Waals surface area contributed by atoms with Crippen molar-refractivity contribution in [3.8, 4) is 17.2 Å². The number of rotatable bonds is 9. The fourth-order valence-corrected chi connectivity index (χ4v) is 5.10. The van der Waals surface area contributed by atoms with Gasteiger partial charge in [0, 0.05) is 36.7 Å². The zero-order valence-electron chi connectivity index (χ0n) is 21.2. The Morgan fingerprint density at radius 3 is 2.53 bits per heavy atom. The molecule has 2 N–H and O–H groups in total. The molecular formula is C29H29N5O3S. The molecule has 3 heterocycles. The van der Waals surface area contributed by atoms with E-state index in [1.807, 2.05) is 79.0 Å². The molecule has 2 aromatic heterocycles. The van der Waals surface area contributed by atoms with Crippen LogP contribution in [0.3, 0.4) is 0 Å². The van der Waals surface area contributed by atoms with Crippen molar-refractivity contribution < 1.29 is 14.3 Å². The highest BCUT2D eigenvalue weighted by Gasteiger charge is 2.41. The van der Waals surface area contributed by atoms with E-state index in [0.717, 1.165) is 22.8 Å². The molecule has 0 saturated carbocycles. The van der Waals surface area contributed by atoms with E-state index in [9.17, 15) is 4.79 Å². The highest BCUT2D eigenvalue weighted by Crippen LogP contribution is 2.39. The molecular weight excluding hydrogens is 498 g/mol. The minimum atomic E-state index is -0.187. The van der Waals surface area contributed by atoms with Gasteiger partial charge in [-0.25, -0.2) is 0 Å².